The van der Waals surface area contributed by atoms with E-state index in [4.69, 9.17) is 0 Å². The molecule has 0 spiro atoms. The summed E-state index contributed by atoms with van der Waals surface area (Å²) >= 11 is 0. The van der Waals surface area contributed by atoms with Crippen molar-refractivity contribution in [1.82, 2.24) is 0 Å². The summed E-state index contributed by atoms with van der Waals surface area (Å²) in [5.74, 6) is -2.11. The van der Waals surface area contributed by atoms with Crippen LogP contribution in [0.2, 0.25) is 0 Å². The first-order valence-electron chi connectivity index (χ1n) is 4.05. The molecule has 0 bridgehead atoms. The van der Waals surface area contributed by atoms with E-state index in [-0.39, 0.29) is 11.3 Å². The Bertz CT molecular complexity index is 345. The van der Waals surface area contributed by atoms with Crippen LogP contribution in [0.25, 0.3) is 0 Å². The van der Waals surface area contributed by atoms with Gasteiger partial charge in [0.25, 0.3) is 0 Å². The molecule has 0 aromatic heterocycles. The molecule has 0 saturated heterocycles. The topological polar surface area (TPSA) is 17.1 Å². The lowest BCUT2D eigenvalue weighted by Gasteiger charge is -2.04. The molecule has 0 aliphatic heterocycles. The largest absolute Gasteiger partial charge is 0.294 e. The third-order valence-corrected chi connectivity index (χ3v) is 1.91. The highest BCUT2D eigenvalue weighted by atomic mass is 19.2. The van der Waals surface area contributed by atoms with Gasteiger partial charge in [0.1, 0.15) is 0 Å². The number of rotatable bonds is 2. The zero-order chi connectivity index (χ0) is 10.0. The Hall–Kier alpha value is -1.25. The highest BCUT2D eigenvalue weighted by Gasteiger charge is 2.11. The molecule has 1 aromatic rings. The van der Waals surface area contributed by atoms with Crippen LogP contribution in [-0.2, 0) is 6.42 Å². The number of Topliss-reactive ketones (excluding diaryl/α,β-unsaturated/α-hetero) is 1. The minimum absolute atomic E-state index is 0.240. The maximum atomic E-state index is 12.7. The fourth-order valence-electron chi connectivity index (χ4n) is 1.21. The molecule has 0 N–H and O–H groups in total. The standard InChI is InChI=1S/C10H10F2O/c1-3-7-4-9(11)10(12)5-8(7)6(2)13/h4-5H,3H2,1-2H3. The Morgan fingerprint density at radius 2 is 1.85 bits per heavy atom. The van der Waals surface area contributed by atoms with Crippen LogP contribution in [0.15, 0.2) is 12.1 Å². The minimum atomic E-state index is -0.970. The van der Waals surface area contributed by atoms with Gasteiger partial charge in [0.05, 0.1) is 0 Å². The maximum Gasteiger partial charge on any atom is 0.160 e. The van der Waals surface area contributed by atoms with Gasteiger partial charge in [-0.2, -0.15) is 0 Å². The first-order chi connectivity index (χ1) is 6.06. The third-order valence-electron chi connectivity index (χ3n) is 1.91. The Balaban J connectivity index is 3.33. The predicted octanol–water partition coefficient (Wildman–Crippen LogP) is 2.73. The van der Waals surface area contributed by atoms with Gasteiger partial charge >= 0.3 is 0 Å². The van der Waals surface area contributed by atoms with Crippen molar-refractivity contribution in [2.24, 2.45) is 0 Å². The SMILES string of the molecule is CCc1cc(F)c(F)cc1C(C)=O. The molecule has 1 aromatic carbocycles. The van der Waals surface area contributed by atoms with Gasteiger partial charge in [-0.05, 0) is 31.0 Å². The highest BCUT2D eigenvalue weighted by Crippen LogP contribution is 2.16. The lowest BCUT2D eigenvalue weighted by atomic mass is 10.0. The third kappa shape index (κ3) is 1.91. The van der Waals surface area contributed by atoms with Crippen molar-refractivity contribution in [3.63, 3.8) is 0 Å². The van der Waals surface area contributed by atoms with Crippen LogP contribution in [0, 0.1) is 11.6 Å². The number of hydrogen-bond donors (Lipinski definition) is 0. The van der Waals surface area contributed by atoms with E-state index in [0.717, 1.165) is 12.1 Å². The summed E-state index contributed by atoms with van der Waals surface area (Å²) < 4.78 is 25.5. The number of hydrogen-bond acceptors (Lipinski definition) is 1. The van der Waals surface area contributed by atoms with Gasteiger partial charge in [0, 0.05) is 5.56 Å². The number of carbonyl (C=O) groups is 1. The second-order valence-electron chi connectivity index (χ2n) is 2.83. The number of benzene rings is 1. The summed E-state index contributed by atoms with van der Waals surface area (Å²) in [6.07, 6.45) is 0.520. The summed E-state index contributed by atoms with van der Waals surface area (Å²) in [6.45, 7) is 3.13. The fraction of sp³-hybridized carbons (Fsp3) is 0.300. The van der Waals surface area contributed by atoms with Crippen LogP contribution in [0.1, 0.15) is 29.8 Å². The van der Waals surface area contributed by atoms with Crippen molar-refractivity contribution in [2.75, 3.05) is 0 Å². The van der Waals surface area contributed by atoms with Crippen LogP contribution in [-0.4, -0.2) is 5.78 Å². The molecule has 0 amide bonds. The van der Waals surface area contributed by atoms with Crippen molar-refractivity contribution in [3.05, 3.63) is 34.9 Å². The second-order valence-corrected chi connectivity index (χ2v) is 2.83. The number of halogens is 2. The lowest BCUT2D eigenvalue weighted by Crippen LogP contribution is -2.01. The molecule has 0 radical (unpaired) electrons. The summed E-state index contributed by atoms with van der Waals surface area (Å²) in [6, 6.07) is 2.03. The van der Waals surface area contributed by atoms with E-state index >= 15 is 0 Å². The number of ketones is 1. The minimum Gasteiger partial charge on any atom is -0.294 e. The van der Waals surface area contributed by atoms with E-state index in [1.165, 1.54) is 6.92 Å². The molecule has 70 valence electrons. The van der Waals surface area contributed by atoms with E-state index in [0.29, 0.717) is 12.0 Å². The quantitative estimate of drug-likeness (QED) is 0.646. The Labute approximate surface area is 75.4 Å². The van der Waals surface area contributed by atoms with E-state index in [2.05, 4.69) is 0 Å². The van der Waals surface area contributed by atoms with Gasteiger partial charge in [-0.15, -0.1) is 0 Å². The molecule has 0 aliphatic rings. The first-order valence-corrected chi connectivity index (χ1v) is 4.05. The average Bonchev–Trinajstić information content (AvgIpc) is 2.08. The van der Waals surface area contributed by atoms with Gasteiger partial charge in [0.2, 0.25) is 0 Å². The van der Waals surface area contributed by atoms with Crippen LogP contribution in [0.5, 0.6) is 0 Å². The van der Waals surface area contributed by atoms with Crippen LogP contribution in [0.3, 0.4) is 0 Å². The van der Waals surface area contributed by atoms with E-state index in [1.807, 2.05) is 0 Å². The van der Waals surface area contributed by atoms with Gasteiger partial charge in [-0.1, -0.05) is 6.92 Å². The molecule has 3 heteroatoms. The molecule has 0 heterocycles. The van der Waals surface area contributed by atoms with Crippen molar-refractivity contribution >= 4 is 5.78 Å². The van der Waals surface area contributed by atoms with E-state index < -0.39 is 11.6 Å². The molecule has 0 aliphatic carbocycles. The summed E-state index contributed by atoms with van der Waals surface area (Å²) in [5.41, 5.74) is 0.813. The molecule has 0 atom stereocenters. The molecular formula is C10H10F2O. The van der Waals surface area contributed by atoms with Crippen LogP contribution in [0.4, 0.5) is 8.78 Å². The molecule has 0 fully saturated rings. The van der Waals surface area contributed by atoms with Gasteiger partial charge in [0.15, 0.2) is 17.4 Å². The van der Waals surface area contributed by atoms with E-state index in [9.17, 15) is 13.6 Å². The van der Waals surface area contributed by atoms with E-state index in [1.54, 1.807) is 6.92 Å². The zero-order valence-electron chi connectivity index (χ0n) is 7.53. The Morgan fingerprint density at radius 3 is 2.31 bits per heavy atom. The molecule has 1 nitrogen and oxygen atoms in total. The Morgan fingerprint density at radius 1 is 1.31 bits per heavy atom. The lowest BCUT2D eigenvalue weighted by molar-refractivity contribution is 0.101. The van der Waals surface area contributed by atoms with Crippen molar-refractivity contribution in [1.29, 1.82) is 0 Å². The molecular weight excluding hydrogens is 174 g/mol. The van der Waals surface area contributed by atoms with Gasteiger partial charge < -0.3 is 0 Å². The predicted molar refractivity (Wildman–Crippen MR) is 45.7 cm³/mol. The summed E-state index contributed by atoms with van der Waals surface area (Å²) in [5, 5.41) is 0. The fourth-order valence-corrected chi connectivity index (χ4v) is 1.21. The first kappa shape index (κ1) is 9.84. The number of carbonyl (C=O) groups excluding carboxylic acids is 1. The number of aryl methyl sites for hydroxylation is 1. The Kier molecular flexibility index (Phi) is 2.76. The van der Waals surface area contributed by atoms with Crippen molar-refractivity contribution in [2.45, 2.75) is 20.3 Å². The molecule has 0 unspecified atom stereocenters. The zero-order valence-corrected chi connectivity index (χ0v) is 7.53. The maximum absolute atomic E-state index is 12.7. The van der Waals surface area contributed by atoms with Gasteiger partial charge in [-0.25, -0.2) is 8.78 Å². The summed E-state index contributed by atoms with van der Waals surface area (Å²) in [7, 11) is 0. The van der Waals surface area contributed by atoms with Crippen LogP contribution < -0.4 is 0 Å². The van der Waals surface area contributed by atoms with Crippen molar-refractivity contribution < 1.29 is 13.6 Å². The van der Waals surface area contributed by atoms with Crippen molar-refractivity contribution in [3.8, 4) is 0 Å². The smallest absolute Gasteiger partial charge is 0.160 e. The molecule has 0 saturated carbocycles. The monoisotopic (exact) mass is 184 g/mol. The second kappa shape index (κ2) is 3.64. The molecule has 1 rings (SSSR count). The average molecular weight is 184 g/mol. The van der Waals surface area contributed by atoms with Crippen LogP contribution >= 0.6 is 0 Å². The normalized spacial score (nSPS) is 10.2. The highest BCUT2D eigenvalue weighted by molar-refractivity contribution is 5.95. The molecule has 13 heavy (non-hydrogen) atoms. The van der Waals surface area contributed by atoms with Gasteiger partial charge in [-0.3, -0.25) is 4.79 Å². The summed E-state index contributed by atoms with van der Waals surface area (Å²) in [4.78, 5) is 11.0.